The lowest BCUT2D eigenvalue weighted by atomic mass is 10.3. The van der Waals surface area contributed by atoms with Gasteiger partial charge in [0.05, 0.1) is 0 Å². The van der Waals surface area contributed by atoms with E-state index in [4.69, 9.17) is 5.73 Å². The standard InChI is InChI=1S/C7H6F4N2O/c8-2-4-1-5(6(12)13-3-4)14-7(9,10)11/h1,3H,2H2,(H2,12,13). The number of pyridine rings is 1. The SMILES string of the molecule is Nc1ncc(CF)cc1OC(F)(F)F. The molecule has 0 spiro atoms. The molecule has 0 aliphatic heterocycles. The zero-order valence-corrected chi connectivity index (χ0v) is 6.81. The maximum Gasteiger partial charge on any atom is 0.573 e. The highest BCUT2D eigenvalue weighted by Gasteiger charge is 2.32. The van der Waals surface area contributed by atoms with Crippen LogP contribution in [0.2, 0.25) is 0 Å². The quantitative estimate of drug-likeness (QED) is 0.759. The Hall–Kier alpha value is -1.53. The first-order valence-corrected chi connectivity index (χ1v) is 3.48. The molecule has 0 unspecified atom stereocenters. The van der Waals surface area contributed by atoms with E-state index in [0.717, 1.165) is 12.3 Å². The lowest BCUT2D eigenvalue weighted by molar-refractivity contribution is -0.274. The topological polar surface area (TPSA) is 48.1 Å². The number of hydrogen-bond donors (Lipinski definition) is 1. The first-order valence-electron chi connectivity index (χ1n) is 3.48. The van der Waals surface area contributed by atoms with Gasteiger partial charge in [0.2, 0.25) is 0 Å². The normalized spacial score (nSPS) is 11.4. The molecule has 1 aromatic rings. The minimum atomic E-state index is -4.86. The van der Waals surface area contributed by atoms with Crippen molar-refractivity contribution in [2.24, 2.45) is 0 Å². The van der Waals surface area contributed by atoms with Crippen molar-refractivity contribution in [3.63, 3.8) is 0 Å². The number of aromatic nitrogens is 1. The Bertz CT molecular complexity index is 326. The third kappa shape index (κ3) is 2.75. The fraction of sp³-hybridized carbons (Fsp3) is 0.286. The summed E-state index contributed by atoms with van der Waals surface area (Å²) in [6.45, 7) is -0.929. The summed E-state index contributed by atoms with van der Waals surface area (Å²) in [5.74, 6) is -1.12. The summed E-state index contributed by atoms with van der Waals surface area (Å²) in [4.78, 5) is 3.35. The number of nitrogen functional groups attached to an aromatic ring is 1. The zero-order valence-electron chi connectivity index (χ0n) is 6.81. The zero-order chi connectivity index (χ0) is 10.8. The van der Waals surface area contributed by atoms with E-state index in [1.807, 2.05) is 0 Å². The molecule has 0 radical (unpaired) electrons. The van der Waals surface area contributed by atoms with Gasteiger partial charge >= 0.3 is 6.36 Å². The Morgan fingerprint density at radius 3 is 2.57 bits per heavy atom. The van der Waals surface area contributed by atoms with Gasteiger partial charge in [-0.1, -0.05) is 0 Å². The van der Waals surface area contributed by atoms with Crippen LogP contribution in [0.1, 0.15) is 5.56 Å². The second-order valence-corrected chi connectivity index (χ2v) is 2.41. The van der Waals surface area contributed by atoms with Crippen molar-refractivity contribution in [1.29, 1.82) is 0 Å². The summed E-state index contributed by atoms with van der Waals surface area (Å²) >= 11 is 0. The number of nitrogens with zero attached hydrogens (tertiary/aromatic N) is 1. The summed E-state index contributed by atoms with van der Waals surface area (Å²) in [6.07, 6.45) is -3.82. The molecule has 0 saturated carbocycles. The van der Waals surface area contributed by atoms with E-state index in [-0.39, 0.29) is 5.56 Å². The largest absolute Gasteiger partial charge is 0.573 e. The highest BCUT2D eigenvalue weighted by atomic mass is 19.4. The predicted molar refractivity (Wildman–Crippen MR) is 40.1 cm³/mol. The van der Waals surface area contributed by atoms with Gasteiger partial charge in [0.25, 0.3) is 0 Å². The van der Waals surface area contributed by atoms with Crippen molar-refractivity contribution in [1.82, 2.24) is 4.98 Å². The van der Waals surface area contributed by atoms with Crippen LogP contribution in [-0.4, -0.2) is 11.3 Å². The van der Waals surface area contributed by atoms with Crippen molar-refractivity contribution in [3.05, 3.63) is 17.8 Å². The van der Waals surface area contributed by atoms with Gasteiger partial charge in [0.1, 0.15) is 6.67 Å². The van der Waals surface area contributed by atoms with Crippen LogP contribution in [0, 0.1) is 0 Å². The average Bonchev–Trinajstić information content (AvgIpc) is 2.06. The van der Waals surface area contributed by atoms with E-state index in [1.165, 1.54) is 0 Å². The van der Waals surface area contributed by atoms with Crippen molar-refractivity contribution in [2.75, 3.05) is 5.73 Å². The summed E-state index contributed by atoms with van der Waals surface area (Å²) in [5.41, 5.74) is 5.06. The van der Waals surface area contributed by atoms with Crippen molar-refractivity contribution < 1.29 is 22.3 Å². The fourth-order valence-corrected chi connectivity index (χ4v) is 0.775. The molecular weight excluding hydrogens is 204 g/mol. The molecule has 0 fully saturated rings. The summed E-state index contributed by atoms with van der Waals surface area (Å²) in [6, 6.07) is 0.857. The van der Waals surface area contributed by atoms with Gasteiger partial charge in [-0.2, -0.15) is 0 Å². The Labute approximate surface area is 76.5 Å². The molecule has 3 nitrogen and oxygen atoms in total. The van der Waals surface area contributed by atoms with Gasteiger partial charge < -0.3 is 10.5 Å². The lowest BCUT2D eigenvalue weighted by Crippen LogP contribution is -2.18. The van der Waals surface area contributed by atoms with Gasteiger partial charge in [-0.05, 0) is 6.07 Å². The van der Waals surface area contributed by atoms with Crippen molar-refractivity contribution >= 4 is 5.82 Å². The first-order chi connectivity index (χ1) is 6.42. The van der Waals surface area contributed by atoms with E-state index < -0.39 is 24.6 Å². The molecule has 1 heterocycles. The molecule has 14 heavy (non-hydrogen) atoms. The van der Waals surface area contributed by atoms with Gasteiger partial charge in [0, 0.05) is 11.8 Å². The minimum Gasteiger partial charge on any atom is -0.402 e. The molecular formula is C7H6F4N2O. The van der Waals surface area contributed by atoms with Crippen LogP contribution >= 0.6 is 0 Å². The highest BCUT2D eigenvalue weighted by molar-refractivity contribution is 5.47. The van der Waals surface area contributed by atoms with Crippen LogP contribution < -0.4 is 10.5 Å². The van der Waals surface area contributed by atoms with Crippen LogP contribution in [0.3, 0.4) is 0 Å². The molecule has 78 valence electrons. The van der Waals surface area contributed by atoms with Gasteiger partial charge in [-0.3, -0.25) is 0 Å². The Morgan fingerprint density at radius 1 is 1.43 bits per heavy atom. The molecule has 0 aliphatic rings. The summed E-state index contributed by atoms with van der Waals surface area (Å²) < 4.78 is 50.8. The molecule has 0 saturated heterocycles. The monoisotopic (exact) mass is 210 g/mol. The molecule has 0 amide bonds. The Morgan fingerprint density at radius 2 is 2.07 bits per heavy atom. The van der Waals surface area contributed by atoms with E-state index >= 15 is 0 Å². The van der Waals surface area contributed by atoms with E-state index in [2.05, 4.69) is 9.72 Å². The van der Waals surface area contributed by atoms with Gasteiger partial charge in [-0.25, -0.2) is 9.37 Å². The number of anilines is 1. The number of nitrogens with two attached hydrogens (primary N) is 1. The van der Waals surface area contributed by atoms with E-state index in [1.54, 1.807) is 0 Å². The second kappa shape index (κ2) is 3.69. The smallest absolute Gasteiger partial charge is 0.402 e. The maximum atomic E-state index is 12.1. The second-order valence-electron chi connectivity index (χ2n) is 2.41. The molecule has 1 rings (SSSR count). The highest BCUT2D eigenvalue weighted by Crippen LogP contribution is 2.27. The van der Waals surface area contributed by atoms with Crippen LogP contribution in [0.25, 0.3) is 0 Å². The predicted octanol–water partition coefficient (Wildman–Crippen LogP) is 2.03. The number of hydrogen-bond acceptors (Lipinski definition) is 3. The van der Waals surface area contributed by atoms with Crippen LogP contribution in [-0.2, 0) is 6.67 Å². The van der Waals surface area contributed by atoms with Crippen LogP contribution in [0.5, 0.6) is 5.75 Å². The van der Waals surface area contributed by atoms with E-state index in [0.29, 0.717) is 0 Å². The Kier molecular flexibility index (Phi) is 2.78. The summed E-state index contributed by atoms with van der Waals surface area (Å²) in [7, 11) is 0. The molecule has 0 bridgehead atoms. The van der Waals surface area contributed by atoms with Crippen LogP contribution in [0.4, 0.5) is 23.4 Å². The fourth-order valence-electron chi connectivity index (χ4n) is 0.775. The lowest BCUT2D eigenvalue weighted by Gasteiger charge is -2.10. The first kappa shape index (κ1) is 10.6. The third-order valence-corrected chi connectivity index (χ3v) is 1.32. The number of alkyl halides is 4. The molecule has 7 heteroatoms. The average molecular weight is 210 g/mol. The molecule has 1 aromatic heterocycles. The third-order valence-electron chi connectivity index (χ3n) is 1.32. The van der Waals surface area contributed by atoms with Gasteiger partial charge in [-0.15, -0.1) is 13.2 Å². The van der Waals surface area contributed by atoms with Gasteiger partial charge in [0.15, 0.2) is 11.6 Å². The number of ether oxygens (including phenoxy) is 1. The number of halogens is 4. The van der Waals surface area contributed by atoms with E-state index in [9.17, 15) is 17.6 Å². The maximum absolute atomic E-state index is 12.1. The molecule has 0 aliphatic carbocycles. The van der Waals surface area contributed by atoms with Crippen molar-refractivity contribution in [3.8, 4) is 5.75 Å². The van der Waals surface area contributed by atoms with Crippen LogP contribution in [0.15, 0.2) is 12.3 Å². The van der Waals surface area contributed by atoms with Crippen molar-refractivity contribution in [2.45, 2.75) is 13.0 Å². The number of rotatable bonds is 2. The Balaban J connectivity index is 2.95. The summed E-state index contributed by atoms with van der Waals surface area (Å²) in [5, 5.41) is 0. The minimum absolute atomic E-state index is 0.0292. The molecule has 2 N–H and O–H groups in total. The molecule has 0 aromatic carbocycles. The molecule has 0 atom stereocenters.